The number of likely N-dealkylation sites (N-methyl/N-ethyl adjacent to an activating group) is 1. The largest absolute Gasteiger partial charge is 0.329 e. The molecule has 4 aliphatic rings. The highest BCUT2D eigenvalue weighted by Crippen LogP contribution is 2.40. The van der Waals surface area contributed by atoms with E-state index in [9.17, 15) is 0 Å². The molecule has 0 aromatic rings. The third-order valence-electron chi connectivity index (χ3n) is 6.00. The summed E-state index contributed by atoms with van der Waals surface area (Å²) in [5.41, 5.74) is 6.57. The number of hydrogen-bond acceptors (Lipinski definition) is 4. The Labute approximate surface area is 117 Å². The molecule has 4 heteroatoms. The van der Waals surface area contributed by atoms with E-state index in [0.717, 1.165) is 12.5 Å². The van der Waals surface area contributed by atoms with Gasteiger partial charge in [0.1, 0.15) is 0 Å². The summed E-state index contributed by atoms with van der Waals surface area (Å²) in [5, 5.41) is 0. The number of piperidine rings is 3. The van der Waals surface area contributed by atoms with Crippen molar-refractivity contribution < 1.29 is 0 Å². The lowest BCUT2D eigenvalue weighted by Crippen LogP contribution is -2.73. The molecule has 19 heavy (non-hydrogen) atoms. The first kappa shape index (κ1) is 13.8. The van der Waals surface area contributed by atoms with Crippen LogP contribution in [0.2, 0.25) is 0 Å². The number of fused-ring (bicyclic) bond motifs is 3. The van der Waals surface area contributed by atoms with E-state index in [1.165, 1.54) is 58.7 Å². The van der Waals surface area contributed by atoms with Gasteiger partial charge >= 0.3 is 0 Å². The molecule has 2 unspecified atom stereocenters. The summed E-state index contributed by atoms with van der Waals surface area (Å²) in [6.07, 6.45) is 2.72. The summed E-state index contributed by atoms with van der Waals surface area (Å²) in [4.78, 5) is 7.99. The molecule has 0 aromatic heterocycles. The van der Waals surface area contributed by atoms with Crippen LogP contribution in [0.4, 0.5) is 0 Å². The highest BCUT2D eigenvalue weighted by molar-refractivity contribution is 5.07. The Morgan fingerprint density at radius 3 is 2.37 bits per heavy atom. The van der Waals surface area contributed by atoms with Crippen molar-refractivity contribution in [2.75, 3.05) is 52.4 Å². The van der Waals surface area contributed by atoms with Crippen LogP contribution in [0.3, 0.4) is 0 Å². The van der Waals surface area contributed by atoms with E-state index in [1.807, 2.05) is 0 Å². The van der Waals surface area contributed by atoms with Crippen molar-refractivity contribution in [2.24, 2.45) is 11.7 Å². The number of hydrogen-bond donors (Lipinski definition) is 1. The van der Waals surface area contributed by atoms with Crippen molar-refractivity contribution >= 4 is 0 Å². The molecule has 0 aliphatic carbocycles. The third-order valence-corrected chi connectivity index (χ3v) is 6.00. The van der Waals surface area contributed by atoms with Gasteiger partial charge in [-0.25, -0.2) is 0 Å². The van der Waals surface area contributed by atoms with Crippen LogP contribution >= 0.6 is 0 Å². The molecule has 0 spiro atoms. The van der Waals surface area contributed by atoms with E-state index in [1.54, 1.807) is 0 Å². The topological polar surface area (TPSA) is 35.7 Å². The number of nitrogens with two attached hydrogens (primary N) is 1. The summed E-state index contributed by atoms with van der Waals surface area (Å²) >= 11 is 0. The highest BCUT2D eigenvalue weighted by atomic mass is 15.4. The maximum atomic E-state index is 6.29. The number of nitrogens with zero attached hydrogens (tertiary/aromatic N) is 3. The molecule has 0 radical (unpaired) electrons. The molecule has 4 heterocycles. The summed E-state index contributed by atoms with van der Waals surface area (Å²) in [6.45, 7) is 14.1. The quantitative estimate of drug-likeness (QED) is 0.804. The summed E-state index contributed by atoms with van der Waals surface area (Å²) in [5.74, 6) is 0.836. The van der Waals surface area contributed by atoms with Gasteiger partial charge in [0, 0.05) is 44.3 Å². The van der Waals surface area contributed by atoms with Gasteiger partial charge in [0.15, 0.2) is 0 Å². The van der Waals surface area contributed by atoms with Crippen molar-refractivity contribution in [2.45, 2.75) is 38.3 Å². The molecular weight excluding hydrogens is 236 g/mol. The molecule has 110 valence electrons. The first-order valence-corrected chi connectivity index (χ1v) is 8.11. The molecule has 0 saturated carbocycles. The molecule has 2 atom stereocenters. The fraction of sp³-hybridized carbons (Fsp3) is 1.00. The van der Waals surface area contributed by atoms with Gasteiger partial charge in [0.05, 0.1) is 0 Å². The Kier molecular flexibility index (Phi) is 3.87. The summed E-state index contributed by atoms with van der Waals surface area (Å²) in [7, 11) is 0. The second kappa shape index (κ2) is 5.32. The maximum Gasteiger partial charge on any atom is 0.0488 e. The van der Waals surface area contributed by atoms with Crippen LogP contribution in [-0.2, 0) is 0 Å². The van der Waals surface area contributed by atoms with Crippen molar-refractivity contribution in [3.8, 4) is 0 Å². The monoisotopic (exact) mass is 266 g/mol. The zero-order valence-electron chi connectivity index (χ0n) is 12.6. The van der Waals surface area contributed by atoms with Gasteiger partial charge in [-0.1, -0.05) is 6.92 Å². The predicted octanol–water partition coefficient (Wildman–Crippen LogP) is 0.436. The standard InChI is InChI=1S/C15H30N4/c1-3-18-8-9-19(10-13(18)2)15(11-16)12-17-6-4-14(15)5-7-17/h13-14H,3-12,16H2,1-2H3. The van der Waals surface area contributed by atoms with Crippen LogP contribution in [0.15, 0.2) is 0 Å². The zero-order chi connectivity index (χ0) is 13.5. The normalized spacial score (nSPS) is 44.7. The molecular formula is C15H30N4. The Morgan fingerprint density at radius 1 is 1.16 bits per heavy atom. The SMILES string of the molecule is CCN1CCN(C2(CN)CN3CCC2CC3)CC1C. The van der Waals surface area contributed by atoms with Crippen LogP contribution in [0.1, 0.15) is 26.7 Å². The molecule has 0 amide bonds. The molecule has 4 nitrogen and oxygen atoms in total. The Morgan fingerprint density at radius 2 is 1.89 bits per heavy atom. The predicted molar refractivity (Wildman–Crippen MR) is 79.2 cm³/mol. The van der Waals surface area contributed by atoms with Gasteiger partial charge in [-0.05, 0) is 45.3 Å². The highest BCUT2D eigenvalue weighted by Gasteiger charge is 2.50. The van der Waals surface area contributed by atoms with E-state index in [2.05, 4.69) is 28.5 Å². The van der Waals surface area contributed by atoms with Gasteiger partial charge in [0.25, 0.3) is 0 Å². The van der Waals surface area contributed by atoms with E-state index < -0.39 is 0 Å². The van der Waals surface area contributed by atoms with Gasteiger partial charge < -0.3 is 10.6 Å². The van der Waals surface area contributed by atoms with Gasteiger partial charge in [0.2, 0.25) is 0 Å². The summed E-state index contributed by atoms with van der Waals surface area (Å²) in [6, 6.07) is 0.678. The van der Waals surface area contributed by atoms with Crippen LogP contribution in [0, 0.1) is 5.92 Å². The van der Waals surface area contributed by atoms with Gasteiger partial charge in [-0.15, -0.1) is 0 Å². The summed E-state index contributed by atoms with van der Waals surface area (Å²) < 4.78 is 0. The van der Waals surface area contributed by atoms with Gasteiger partial charge in [-0.3, -0.25) is 9.80 Å². The first-order chi connectivity index (χ1) is 9.19. The smallest absolute Gasteiger partial charge is 0.0488 e. The van der Waals surface area contributed by atoms with E-state index in [0.29, 0.717) is 6.04 Å². The van der Waals surface area contributed by atoms with E-state index in [-0.39, 0.29) is 5.54 Å². The minimum Gasteiger partial charge on any atom is -0.329 e. The van der Waals surface area contributed by atoms with Crippen LogP contribution in [0.25, 0.3) is 0 Å². The maximum absolute atomic E-state index is 6.29. The van der Waals surface area contributed by atoms with Crippen molar-refractivity contribution in [1.29, 1.82) is 0 Å². The Hall–Kier alpha value is -0.160. The fourth-order valence-corrected chi connectivity index (χ4v) is 4.73. The third kappa shape index (κ3) is 2.23. The molecule has 4 rings (SSSR count). The van der Waals surface area contributed by atoms with Crippen molar-refractivity contribution in [1.82, 2.24) is 14.7 Å². The van der Waals surface area contributed by atoms with Crippen molar-refractivity contribution in [3.05, 3.63) is 0 Å². The zero-order valence-corrected chi connectivity index (χ0v) is 12.6. The molecule has 2 bridgehead atoms. The lowest BCUT2D eigenvalue weighted by Gasteiger charge is -2.60. The average Bonchev–Trinajstić information content (AvgIpc) is 2.48. The number of piperazine rings is 1. The number of rotatable bonds is 3. The van der Waals surface area contributed by atoms with Crippen molar-refractivity contribution in [3.63, 3.8) is 0 Å². The molecule has 2 N–H and O–H groups in total. The average molecular weight is 266 g/mol. The lowest BCUT2D eigenvalue weighted by atomic mass is 9.71. The second-order valence-electron chi connectivity index (χ2n) is 6.78. The lowest BCUT2D eigenvalue weighted by molar-refractivity contribution is -0.0909. The molecule has 4 aliphatic heterocycles. The minimum absolute atomic E-state index is 0.282. The van der Waals surface area contributed by atoms with Crippen LogP contribution in [-0.4, -0.2) is 78.6 Å². The van der Waals surface area contributed by atoms with E-state index >= 15 is 0 Å². The molecule has 0 aromatic carbocycles. The Bertz CT molecular complexity index is 313. The van der Waals surface area contributed by atoms with Gasteiger partial charge in [-0.2, -0.15) is 0 Å². The minimum atomic E-state index is 0.282. The van der Waals surface area contributed by atoms with Crippen LogP contribution < -0.4 is 5.73 Å². The molecule has 4 fully saturated rings. The van der Waals surface area contributed by atoms with Crippen LogP contribution in [0.5, 0.6) is 0 Å². The fourth-order valence-electron chi connectivity index (χ4n) is 4.73. The first-order valence-electron chi connectivity index (χ1n) is 8.11. The Balaban J connectivity index is 1.76. The second-order valence-corrected chi connectivity index (χ2v) is 6.78. The molecule has 4 saturated heterocycles. The van der Waals surface area contributed by atoms with E-state index in [4.69, 9.17) is 5.73 Å².